The quantitative estimate of drug-likeness (QED) is 0.172. The van der Waals surface area contributed by atoms with E-state index in [1.54, 1.807) is 0 Å². The summed E-state index contributed by atoms with van der Waals surface area (Å²) in [6.45, 7) is 11.6. The molecule has 0 saturated carbocycles. The first kappa shape index (κ1) is 38.5. The van der Waals surface area contributed by atoms with Crippen LogP contribution in [-0.4, -0.2) is 69.6 Å². The molecule has 2 saturated heterocycles. The smallest absolute Gasteiger partial charge is 0.105 e. The fraction of sp³-hybridized carbons (Fsp3) is 0.354. The molecule has 0 N–H and O–H groups in total. The molecule has 4 aliphatic rings. The predicted octanol–water partition coefficient (Wildman–Crippen LogP) is 10.9. The largest absolute Gasteiger partial charge is 0.335 e. The van der Waals surface area contributed by atoms with E-state index in [0.717, 1.165) is 60.6 Å². The number of hydrogen-bond acceptors (Lipinski definition) is 5. The number of aryl methyl sites for hydroxylation is 2. The molecule has 0 bridgehead atoms. The van der Waals surface area contributed by atoms with Crippen LogP contribution < -0.4 is 0 Å². The van der Waals surface area contributed by atoms with Crippen molar-refractivity contribution in [1.29, 1.82) is 0 Å². The predicted molar refractivity (Wildman–Crippen MR) is 233 cm³/mol. The molecular weight excluding hydrogens is 731 g/mol. The van der Waals surface area contributed by atoms with Crippen LogP contribution >= 0.6 is 23.2 Å². The monoisotopic (exact) mass is 782 g/mol. The molecule has 2 unspecified atom stereocenters. The Balaban J connectivity index is 0.000000161. The Bertz CT molecular complexity index is 2260. The third-order valence-electron chi connectivity index (χ3n) is 12.6. The van der Waals surface area contributed by atoms with Crippen LogP contribution in [0, 0.1) is 18.8 Å². The van der Waals surface area contributed by atoms with Gasteiger partial charge in [0.2, 0.25) is 0 Å². The molecule has 6 nitrogen and oxygen atoms in total. The lowest BCUT2D eigenvalue weighted by atomic mass is 9.76. The summed E-state index contributed by atoms with van der Waals surface area (Å²) >= 11 is 12.9. The summed E-state index contributed by atoms with van der Waals surface area (Å²) in [6.07, 6.45) is 20.0. The van der Waals surface area contributed by atoms with E-state index in [4.69, 9.17) is 33.2 Å². The average Bonchev–Trinajstić information content (AvgIpc) is 3.50. The first-order valence-corrected chi connectivity index (χ1v) is 20.9. The number of nitrogens with zero attached hydrogens (tertiary/aromatic N) is 6. The van der Waals surface area contributed by atoms with Crippen LogP contribution in [0.5, 0.6) is 0 Å². The Kier molecular flexibility index (Phi) is 11.7. The molecule has 2 aliphatic carbocycles. The number of rotatable bonds is 6. The van der Waals surface area contributed by atoms with E-state index in [-0.39, 0.29) is 0 Å². The van der Waals surface area contributed by atoms with Crippen molar-refractivity contribution in [3.63, 3.8) is 0 Å². The Morgan fingerprint density at radius 3 is 1.77 bits per heavy atom. The molecule has 5 aromatic rings. The number of pyridine rings is 2. The summed E-state index contributed by atoms with van der Waals surface area (Å²) in [5.74, 6) is 2.86. The molecule has 8 heteroatoms. The van der Waals surface area contributed by atoms with Gasteiger partial charge in [-0.1, -0.05) is 60.1 Å². The minimum atomic E-state index is 0.306. The highest BCUT2D eigenvalue weighted by Crippen LogP contribution is 2.47. The van der Waals surface area contributed by atoms with Crippen molar-refractivity contribution in [2.24, 2.45) is 11.8 Å². The Morgan fingerprint density at radius 1 is 0.696 bits per heavy atom. The minimum Gasteiger partial charge on any atom is -0.335 e. The highest BCUT2D eigenvalue weighted by atomic mass is 35.5. The number of likely N-dealkylation sites (tertiary alicyclic amines) is 2. The molecule has 2 aromatic carbocycles. The zero-order chi connectivity index (χ0) is 38.8. The fourth-order valence-electron chi connectivity index (χ4n) is 9.49. The third kappa shape index (κ3) is 8.08. The van der Waals surface area contributed by atoms with Crippen molar-refractivity contribution in [2.75, 3.05) is 40.3 Å². The average molecular weight is 784 g/mol. The van der Waals surface area contributed by atoms with Gasteiger partial charge >= 0.3 is 0 Å². The van der Waals surface area contributed by atoms with Crippen molar-refractivity contribution >= 4 is 46.5 Å². The number of fused-ring (bicyclic) bond motifs is 4. The third-order valence-corrected chi connectivity index (χ3v) is 13.0. The standard InChI is InChI=1S/C26H29ClN4.C22H23ClN2/c1-18-28-11-15-31(18)14-9-20-16-21-4-3-10-29-26(21)25(19-7-12-30(2)13-8-19)23-6-5-22(27)17-24(20)23;1-3-15-13-17-5-4-10-24-22(17)21(16-8-11-25(2)12-9-16)19-7-6-18(23)14-20(15)19/h3-6,10-11,15-17,19,25H,7-9,12-14H2,1-2H3;3-7,10,13-14,16,21H,1,8-9,11-12H2,2H3. The van der Waals surface area contributed by atoms with Crippen LogP contribution in [0.2, 0.25) is 10.0 Å². The van der Waals surface area contributed by atoms with Crippen LogP contribution in [0.3, 0.4) is 0 Å². The zero-order valence-electron chi connectivity index (χ0n) is 32.8. The Labute approximate surface area is 342 Å². The van der Waals surface area contributed by atoms with Gasteiger partial charge in [-0.15, -0.1) is 0 Å². The second-order valence-corrected chi connectivity index (χ2v) is 16.9. The summed E-state index contributed by atoms with van der Waals surface area (Å²) in [5.41, 5.74) is 12.5. The first-order valence-electron chi connectivity index (χ1n) is 20.2. The molecule has 5 heterocycles. The number of aromatic nitrogens is 4. The highest BCUT2D eigenvalue weighted by Gasteiger charge is 2.35. The molecule has 3 aromatic heterocycles. The van der Waals surface area contributed by atoms with Gasteiger partial charge in [-0.2, -0.15) is 0 Å². The second-order valence-electron chi connectivity index (χ2n) is 16.0. The maximum absolute atomic E-state index is 6.52. The molecule has 0 amide bonds. The lowest BCUT2D eigenvalue weighted by Crippen LogP contribution is -2.33. The summed E-state index contributed by atoms with van der Waals surface area (Å²) in [7, 11) is 4.43. The van der Waals surface area contributed by atoms with E-state index in [1.807, 2.05) is 42.9 Å². The number of allylic oxidation sites excluding steroid dienone is 3. The van der Waals surface area contributed by atoms with Crippen molar-refractivity contribution in [1.82, 2.24) is 29.3 Å². The summed E-state index contributed by atoms with van der Waals surface area (Å²) in [5, 5.41) is 1.57. The van der Waals surface area contributed by atoms with E-state index in [1.165, 1.54) is 76.0 Å². The van der Waals surface area contributed by atoms with Crippen molar-refractivity contribution in [3.05, 3.63) is 159 Å². The lowest BCUT2D eigenvalue weighted by Gasteiger charge is -2.35. The number of benzene rings is 2. The number of imidazole rings is 1. The van der Waals surface area contributed by atoms with Gasteiger partial charge in [-0.05, 0) is 184 Å². The van der Waals surface area contributed by atoms with E-state index in [9.17, 15) is 0 Å². The van der Waals surface area contributed by atoms with E-state index >= 15 is 0 Å². The van der Waals surface area contributed by atoms with Crippen LogP contribution in [0.15, 0.2) is 98.1 Å². The van der Waals surface area contributed by atoms with Crippen LogP contribution in [0.25, 0.3) is 23.3 Å². The molecule has 0 radical (unpaired) electrons. The van der Waals surface area contributed by atoms with Crippen LogP contribution in [-0.2, 0) is 6.54 Å². The van der Waals surface area contributed by atoms with E-state index in [2.05, 4.69) is 108 Å². The first-order chi connectivity index (χ1) is 27.3. The molecule has 2 fully saturated rings. The van der Waals surface area contributed by atoms with Gasteiger partial charge in [-0.25, -0.2) is 4.98 Å². The molecule has 56 heavy (non-hydrogen) atoms. The van der Waals surface area contributed by atoms with Crippen LogP contribution in [0.4, 0.5) is 0 Å². The topological polar surface area (TPSA) is 50.1 Å². The van der Waals surface area contributed by atoms with Gasteiger partial charge in [0, 0.05) is 53.2 Å². The maximum Gasteiger partial charge on any atom is 0.105 e. The normalized spacial score (nSPS) is 20.2. The number of piperidine rings is 2. The van der Waals surface area contributed by atoms with Crippen molar-refractivity contribution in [3.8, 4) is 0 Å². The molecular formula is C48H52Cl2N6. The number of hydrogen-bond donors (Lipinski definition) is 0. The summed E-state index contributed by atoms with van der Waals surface area (Å²) < 4.78 is 2.22. The van der Waals surface area contributed by atoms with Gasteiger partial charge in [0.1, 0.15) is 5.82 Å². The van der Waals surface area contributed by atoms with Gasteiger partial charge < -0.3 is 14.4 Å². The molecule has 9 rings (SSSR count). The Hall–Kier alpha value is -4.33. The summed E-state index contributed by atoms with van der Waals surface area (Å²) in [4.78, 5) is 19.0. The van der Waals surface area contributed by atoms with Crippen molar-refractivity contribution in [2.45, 2.75) is 57.4 Å². The summed E-state index contributed by atoms with van der Waals surface area (Å²) in [6, 6.07) is 21.2. The van der Waals surface area contributed by atoms with Gasteiger partial charge in [0.25, 0.3) is 0 Å². The molecule has 2 atom stereocenters. The maximum atomic E-state index is 6.52. The lowest BCUT2D eigenvalue weighted by molar-refractivity contribution is 0.206. The molecule has 2 aliphatic heterocycles. The van der Waals surface area contributed by atoms with Gasteiger partial charge in [0.05, 0.1) is 11.4 Å². The second kappa shape index (κ2) is 17.0. The molecule has 288 valence electrons. The minimum absolute atomic E-state index is 0.306. The van der Waals surface area contributed by atoms with Crippen molar-refractivity contribution < 1.29 is 0 Å². The highest BCUT2D eigenvalue weighted by molar-refractivity contribution is 6.31. The van der Waals surface area contributed by atoms with E-state index < -0.39 is 0 Å². The van der Waals surface area contributed by atoms with Crippen LogP contribution in [0.1, 0.15) is 94.5 Å². The van der Waals surface area contributed by atoms with Gasteiger partial charge in [-0.3, -0.25) is 9.97 Å². The number of halogens is 2. The van der Waals surface area contributed by atoms with E-state index in [0.29, 0.717) is 23.7 Å². The van der Waals surface area contributed by atoms with Gasteiger partial charge in [0.15, 0.2) is 0 Å². The zero-order valence-corrected chi connectivity index (χ0v) is 34.4. The Morgan fingerprint density at radius 2 is 1.23 bits per heavy atom. The fourth-order valence-corrected chi connectivity index (χ4v) is 9.84. The SMILES string of the molecule is C=CC1=Cc2cccnc2C(C2CCN(C)CC2)c2ccc(Cl)cc21.Cc1nccn1CCC1=Cc2cccnc2C(C2CCN(C)CC2)c2ccc(Cl)cc21. The molecule has 0 spiro atoms.